The monoisotopic (exact) mass is 354 g/mol. The topological polar surface area (TPSA) is 36.3 Å². The number of ether oxygens (including phenoxy) is 2. The number of imidazole rings is 1. The number of benzene rings is 2. The second-order valence-electron chi connectivity index (χ2n) is 6.34. The zero-order valence-corrected chi connectivity index (χ0v) is 14.6. The Hall–Kier alpha value is -2.46. The summed E-state index contributed by atoms with van der Waals surface area (Å²) in [4.78, 5) is 4.80. The van der Waals surface area contributed by atoms with E-state index in [1.165, 1.54) is 29.8 Å². The summed E-state index contributed by atoms with van der Waals surface area (Å²) >= 11 is 0. The van der Waals surface area contributed by atoms with Crippen molar-refractivity contribution in [3.63, 3.8) is 0 Å². The Kier molecular flexibility index (Phi) is 4.14. The van der Waals surface area contributed by atoms with Gasteiger partial charge < -0.3 is 14.0 Å². The van der Waals surface area contributed by atoms with Crippen molar-refractivity contribution in [1.29, 1.82) is 0 Å². The molecule has 2 aliphatic rings. The fourth-order valence-electron chi connectivity index (χ4n) is 3.46. The molecule has 2 aliphatic heterocycles. The van der Waals surface area contributed by atoms with Gasteiger partial charge in [-0.15, -0.1) is 12.4 Å². The van der Waals surface area contributed by atoms with Gasteiger partial charge in [-0.3, -0.25) is 0 Å². The minimum Gasteiger partial charge on any atom is -0.454 e. The SMILES string of the molecule is Cl.c1cc(-c2cn3c(n2)CCCC3)ccc1-c1ccc2c(c1)OCO2. The Labute approximate surface area is 152 Å². The summed E-state index contributed by atoms with van der Waals surface area (Å²) < 4.78 is 13.1. The maximum Gasteiger partial charge on any atom is 0.231 e. The van der Waals surface area contributed by atoms with Crippen molar-refractivity contribution in [3.8, 4) is 33.9 Å². The van der Waals surface area contributed by atoms with Gasteiger partial charge in [0.05, 0.1) is 5.69 Å². The van der Waals surface area contributed by atoms with Crippen molar-refractivity contribution in [1.82, 2.24) is 9.55 Å². The summed E-state index contributed by atoms with van der Waals surface area (Å²) in [6.07, 6.45) is 5.78. The molecule has 0 fully saturated rings. The highest BCUT2D eigenvalue weighted by atomic mass is 35.5. The molecule has 0 saturated heterocycles. The zero-order valence-electron chi connectivity index (χ0n) is 13.8. The van der Waals surface area contributed by atoms with E-state index in [1.54, 1.807) is 0 Å². The predicted molar refractivity (Wildman–Crippen MR) is 99.4 cm³/mol. The number of hydrogen-bond donors (Lipinski definition) is 0. The Balaban J connectivity index is 0.00000157. The van der Waals surface area contributed by atoms with Gasteiger partial charge in [0, 0.05) is 24.7 Å². The first-order valence-electron chi connectivity index (χ1n) is 8.43. The Bertz CT molecular complexity index is 879. The number of aromatic nitrogens is 2. The second-order valence-corrected chi connectivity index (χ2v) is 6.34. The molecule has 5 heteroatoms. The van der Waals surface area contributed by atoms with E-state index >= 15 is 0 Å². The normalized spacial score (nSPS) is 14.7. The third-order valence-electron chi connectivity index (χ3n) is 4.80. The van der Waals surface area contributed by atoms with Gasteiger partial charge in [0.2, 0.25) is 6.79 Å². The van der Waals surface area contributed by atoms with Crippen LogP contribution in [0.2, 0.25) is 0 Å². The first kappa shape index (κ1) is 16.0. The minimum absolute atomic E-state index is 0. The molecule has 3 aromatic rings. The predicted octanol–water partition coefficient (Wildman–Crippen LogP) is 4.70. The first-order chi connectivity index (χ1) is 11.9. The smallest absolute Gasteiger partial charge is 0.231 e. The third kappa shape index (κ3) is 2.87. The molecule has 0 N–H and O–H groups in total. The van der Waals surface area contributed by atoms with Crippen LogP contribution in [-0.4, -0.2) is 16.3 Å². The van der Waals surface area contributed by atoms with Gasteiger partial charge in [-0.25, -0.2) is 4.98 Å². The molecule has 0 bridgehead atoms. The molecule has 0 radical (unpaired) electrons. The number of aryl methyl sites for hydroxylation is 2. The van der Waals surface area contributed by atoms with Gasteiger partial charge in [-0.05, 0) is 36.1 Å². The van der Waals surface area contributed by atoms with Gasteiger partial charge in [0.1, 0.15) is 5.82 Å². The lowest BCUT2D eigenvalue weighted by Gasteiger charge is -2.11. The molecule has 25 heavy (non-hydrogen) atoms. The van der Waals surface area contributed by atoms with Crippen molar-refractivity contribution in [2.75, 3.05) is 6.79 Å². The lowest BCUT2D eigenvalue weighted by molar-refractivity contribution is 0.174. The van der Waals surface area contributed by atoms with Gasteiger partial charge in [-0.2, -0.15) is 0 Å². The van der Waals surface area contributed by atoms with Crippen LogP contribution in [0.1, 0.15) is 18.7 Å². The summed E-state index contributed by atoms with van der Waals surface area (Å²) in [5, 5.41) is 0. The summed E-state index contributed by atoms with van der Waals surface area (Å²) in [7, 11) is 0. The molecule has 3 heterocycles. The van der Waals surface area contributed by atoms with E-state index in [1.807, 2.05) is 12.1 Å². The molecule has 1 aromatic heterocycles. The molecule has 0 amide bonds. The Morgan fingerprint density at radius 1 is 0.840 bits per heavy atom. The first-order valence-corrected chi connectivity index (χ1v) is 8.43. The van der Waals surface area contributed by atoms with E-state index in [9.17, 15) is 0 Å². The molecule has 0 aliphatic carbocycles. The fraction of sp³-hybridized carbons (Fsp3) is 0.250. The standard InChI is InChI=1S/C20H18N2O2.ClH/c1-2-10-22-12-17(21-20(22)3-1)15-6-4-14(5-7-15)16-8-9-18-19(11-16)24-13-23-18;/h4-9,11-12H,1-3,10,13H2;1H. The van der Waals surface area contributed by atoms with E-state index in [-0.39, 0.29) is 12.4 Å². The quantitative estimate of drug-likeness (QED) is 0.669. The van der Waals surface area contributed by atoms with Crippen LogP contribution in [-0.2, 0) is 13.0 Å². The van der Waals surface area contributed by atoms with Crippen LogP contribution in [0.15, 0.2) is 48.7 Å². The molecule has 2 aromatic carbocycles. The summed E-state index contributed by atoms with van der Waals surface area (Å²) in [6, 6.07) is 14.7. The van der Waals surface area contributed by atoms with Gasteiger partial charge >= 0.3 is 0 Å². The van der Waals surface area contributed by atoms with Crippen LogP contribution in [0.3, 0.4) is 0 Å². The largest absolute Gasteiger partial charge is 0.454 e. The van der Waals surface area contributed by atoms with E-state index in [4.69, 9.17) is 14.5 Å². The van der Waals surface area contributed by atoms with Crippen molar-refractivity contribution in [2.45, 2.75) is 25.8 Å². The molecule has 0 spiro atoms. The number of nitrogens with zero attached hydrogens (tertiary/aromatic N) is 2. The highest BCUT2D eigenvalue weighted by molar-refractivity contribution is 5.85. The van der Waals surface area contributed by atoms with E-state index in [0.29, 0.717) is 6.79 Å². The van der Waals surface area contributed by atoms with Gasteiger partial charge in [0.25, 0.3) is 0 Å². The highest BCUT2D eigenvalue weighted by Crippen LogP contribution is 2.36. The highest BCUT2D eigenvalue weighted by Gasteiger charge is 2.15. The molecular formula is C20H19ClN2O2. The van der Waals surface area contributed by atoms with Crippen LogP contribution in [0, 0.1) is 0 Å². The number of hydrogen-bond acceptors (Lipinski definition) is 3. The average Bonchev–Trinajstić information content (AvgIpc) is 3.27. The third-order valence-corrected chi connectivity index (χ3v) is 4.80. The molecule has 128 valence electrons. The van der Waals surface area contributed by atoms with Crippen molar-refractivity contribution < 1.29 is 9.47 Å². The Morgan fingerprint density at radius 2 is 1.60 bits per heavy atom. The van der Waals surface area contributed by atoms with Gasteiger partial charge in [-0.1, -0.05) is 30.3 Å². The molecular weight excluding hydrogens is 336 g/mol. The van der Waals surface area contributed by atoms with Crippen LogP contribution < -0.4 is 9.47 Å². The zero-order chi connectivity index (χ0) is 15.9. The van der Waals surface area contributed by atoms with Crippen LogP contribution in [0.5, 0.6) is 11.5 Å². The van der Waals surface area contributed by atoms with Crippen molar-refractivity contribution >= 4 is 12.4 Å². The summed E-state index contributed by atoms with van der Waals surface area (Å²) in [5.41, 5.74) is 4.54. The lowest BCUT2D eigenvalue weighted by Crippen LogP contribution is -2.08. The minimum atomic E-state index is 0. The van der Waals surface area contributed by atoms with Crippen LogP contribution >= 0.6 is 12.4 Å². The second kappa shape index (κ2) is 6.45. The fourth-order valence-corrected chi connectivity index (χ4v) is 3.46. The van der Waals surface area contributed by atoms with E-state index in [0.717, 1.165) is 35.7 Å². The average molecular weight is 355 g/mol. The molecule has 4 nitrogen and oxygen atoms in total. The van der Waals surface area contributed by atoms with Crippen LogP contribution in [0.4, 0.5) is 0 Å². The lowest BCUT2D eigenvalue weighted by atomic mass is 10.0. The van der Waals surface area contributed by atoms with Crippen molar-refractivity contribution in [3.05, 3.63) is 54.5 Å². The van der Waals surface area contributed by atoms with E-state index in [2.05, 4.69) is 41.1 Å². The summed E-state index contributed by atoms with van der Waals surface area (Å²) in [5.74, 6) is 2.86. The number of rotatable bonds is 2. The Morgan fingerprint density at radius 3 is 2.44 bits per heavy atom. The maximum absolute atomic E-state index is 5.47. The van der Waals surface area contributed by atoms with Crippen molar-refractivity contribution in [2.24, 2.45) is 0 Å². The van der Waals surface area contributed by atoms with Crippen LogP contribution in [0.25, 0.3) is 22.4 Å². The summed E-state index contributed by atoms with van der Waals surface area (Å²) in [6.45, 7) is 1.40. The molecule has 0 unspecified atom stereocenters. The molecule has 0 saturated carbocycles. The maximum atomic E-state index is 5.47. The molecule has 5 rings (SSSR count). The number of halogens is 1. The van der Waals surface area contributed by atoms with E-state index < -0.39 is 0 Å². The van der Waals surface area contributed by atoms with Gasteiger partial charge in [0.15, 0.2) is 11.5 Å². The molecule has 0 atom stereocenters. The number of fused-ring (bicyclic) bond motifs is 2.